The standard InChI is InChI=1S/C11H12N2O3/c12-10(14)8-3-1-2-4-9(8)11(15)13-5-7-6-16-7/h1-4,7H,5-6H2,(H2,12,14)(H,13,15). The van der Waals surface area contributed by atoms with Gasteiger partial charge in [-0.3, -0.25) is 9.59 Å². The molecule has 1 saturated heterocycles. The maximum absolute atomic E-state index is 11.7. The lowest BCUT2D eigenvalue weighted by Crippen LogP contribution is -2.29. The molecule has 5 nitrogen and oxygen atoms in total. The van der Waals surface area contributed by atoms with Gasteiger partial charge in [-0.1, -0.05) is 12.1 Å². The fourth-order valence-electron chi connectivity index (χ4n) is 1.38. The summed E-state index contributed by atoms with van der Waals surface area (Å²) in [6, 6.07) is 6.46. The van der Waals surface area contributed by atoms with Gasteiger partial charge in [0.05, 0.1) is 23.8 Å². The lowest BCUT2D eigenvalue weighted by molar-refractivity contribution is 0.0933. The maximum Gasteiger partial charge on any atom is 0.252 e. The highest BCUT2D eigenvalue weighted by Gasteiger charge is 2.23. The van der Waals surface area contributed by atoms with Crippen molar-refractivity contribution < 1.29 is 14.3 Å². The highest BCUT2D eigenvalue weighted by molar-refractivity contribution is 6.06. The van der Waals surface area contributed by atoms with E-state index in [0.717, 1.165) is 0 Å². The molecule has 0 spiro atoms. The molecule has 0 bridgehead atoms. The summed E-state index contributed by atoms with van der Waals surface area (Å²) in [5.41, 5.74) is 5.71. The minimum Gasteiger partial charge on any atom is -0.371 e. The van der Waals surface area contributed by atoms with Crippen molar-refractivity contribution in [2.45, 2.75) is 6.10 Å². The van der Waals surface area contributed by atoms with Crippen LogP contribution in [-0.2, 0) is 4.74 Å². The Morgan fingerprint density at radius 2 is 2.00 bits per heavy atom. The fraction of sp³-hybridized carbons (Fsp3) is 0.273. The molecule has 84 valence electrons. The van der Waals surface area contributed by atoms with Crippen LogP contribution >= 0.6 is 0 Å². The molecule has 1 aromatic carbocycles. The average molecular weight is 220 g/mol. The van der Waals surface area contributed by atoms with Crippen molar-refractivity contribution in [1.29, 1.82) is 0 Å². The Morgan fingerprint density at radius 1 is 1.38 bits per heavy atom. The molecule has 1 aliphatic heterocycles. The topological polar surface area (TPSA) is 84.7 Å². The average Bonchev–Trinajstić information content (AvgIpc) is 3.09. The first-order valence-electron chi connectivity index (χ1n) is 4.97. The third-order valence-electron chi connectivity index (χ3n) is 2.33. The largest absolute Gasteiger partial charge is 0.371 e. The zero-order valence-corrected chi connectivity index (χ0v) is 8.60. The van der Waals surface area contributed by atoms with Gasteiger partial charge < -0.3 is 15.8 Å². The van der Waals surface area contributed by atoms with Crippen LogP contribution in [0, 0.1) is 0 Å². The molecule has 16 heavy (non-hydrogen) atoms. The molecular formula is C11H12N2O3. The first-order valence-corrected chi connectivity index (χ1v) is 4.97. The molecule has 5 heteroatoms. The number of amides is 2. The van der Waals surface area contributed by atoms with Gasteiger partial charge in [-0.15, -0.1) is 0 Å². The van der Waals surface area contributed by atoms with Crippen LogP contribution in [0.15, 0.2) is 24.3 Å². The number of nitrogens with two attached hydrogens (primary N) is 1. The van der Waals surface area contributed by atoms with Gasteiger partial charge in [0.2, 0.25) is 5.91 Å². The molecule has 1 aliphatic rings. The van der Waals surface area contributed by atoms with E-state index < -0.39 is 5.91 Å². The summed E-state index contributed by atoms with van der Waals surface area (Å²) in [6.07, 6.45) is 0.115. The van der Waals surface area contributed by atoms with Crippen molar-refractivity contribution in [1.82, 2.24) is 5.32 Å². The summed E-state index contributed by atoms with van der Waals surface area (Å²) in [5.74, 6) is -0.904. The molecule has 1 atom stereocenters. The van der Waals surface area contributed by atoms with E-state index in [-0.39, 0.29) is 17.6 Å². The van der Waals surface area contributed by atoms with E-state index in [1.807, 2.05) is 0 Å². The quantitative estimate of drug-likeness (QED) is 0.696. The minimum absolute atomic E-state index is 0.115. The molecule has 0 aromatic heterocycles. The van der Waals surface area contributed by atoms with Crippen LogP contribution in [-0.4, -0.2) is 31.1 Å². The van der Waals surface area contributed by atoms with Gasteiger partial charge >= 0.3 is 0 Å². The second-order valence-electron chi connectivity index (χ2n) is 3.58. The molecule has 1 aromatic rings. The Balaban J connectivity index is 2.11. The number of carbonyl (C=O) groups is 2. The van der Waals surface area contributed by atoms with E-state index in [4.69, 9.17) is 10.5 Å². The van der Waals surface area contributed by atoms with Crippen LogP contribution in [0.25, 0.3) is 0 Å². The second-order valence-corrected chi connectivity index (χ2v) is 3.58. The first-order chi connectivity index (χ1) is 7.68. The number of benzene rings is 1. The van der Waals surface area contributed by atoms with E-state index in [9.17, 15) is 9.59 Å². The predicted octanol–water partition coefficient (Wildman–Crippen LogP) is -0.0859. The van der Waals surface area contributed by atoms with Crippen LogP contribution in [0.4, 0.5) is 0 Å². The number of primary amides is 1. The van der Waals surface area contributed by atoms with Crippen LogP contribution < -0.4 is 11.1 Å². The summed E-state index contributed by atoms with van der Waals surface area (Å²) in [6.45, 7) is 1.14. The van der Waals surface area contributed by atoms with Gasteiger partial charge in [0.25, 0.3) is 5.91 Å². The summed E-state index contributed by atoms with van der Waals surface area (Å²) in [7, 11) is 0. The first kappa shape index (κ1) is 10.6. The molecule has 2 amide bonds. The molecule has 3 N–H and O–H groups in total. The van der Waals surface area contributed by atoms with Crippen molar-refractivity contribution >= 4 is 11.8 Å². The normalized spacial score (nSPS) is 17.9. The van der Waals surface area contributed by atoms with Crippen LogP contribution in [0.2, 0.25) is 0 Å². The van der Waals surface area contributed by atoms with Gasteiger partial charge in [-0.2, -0.15) is 0 Å². The van der Waals surface area contributed by atoms with Gasteiger partial charge in [-0.25, -0.2) is 0 Å². The number of epoxide rings is 1. The van der Waals surface area contributed by atoms with Crippen molar-refractivity contribution in [3.63, 3.8) is 0 Å². The van der Waals surface area contributed by atoms with Crippen molar-refractivity contribution in [3.05, 3.63) is 35.4 Å². The molecule has 0 radical (unpaired) electrons. The molecule has 1 heterocycles. The minimum atomic E-state index is -0.603. The summed E-state index contributed by atoms with van der Waals surface area (Å²) < 4.78 is 4.97. The van der Waals surface area contributed by atoms with Crippen LogP contribution in [0.1, 0.15) is 20.7 Å². The Kier molecular flexibility index (Phi) is 2.87. The monoisotopic (exact) mass is 220 g/mol. The zero-order chi connectivity index (χ0) is 11.5. The Morgan fingerprint density at radius 3 is 2.56 bits per heavy atom. The van der Waals surface area contributed by atoms with Crippen LogP contribution in [0.3, 0.4) is 0 Å². The van der Waals surface area contributed by atoms with E-state index in [0.29, 0.717) is 18.7 Å². The van der Waals surface area contributed by atoms with Gasteiger partial charge in [-0.05, 0) is 12.1 Å². The zero-order valence-electron chi connectivity index (χ0n) is 8.60. The predicted molar refractivity (Wildman–Crippen MR) is 57.0 cm³/mol. The highest BCUT2D eigenvalue weighted by atomic mass is 16.6. The molecule has 0 aliphatic carbocycles. The van der Waals surface area contributed by atoms with Crippen LogP contribution in [0.5, 0.6) is 0 Å². The third kappa shape index (κ3) is 2.38. The van der Waals surface area contributed by atoms with Gasteiger partial charge in [0.1, 0.15) is 0 Å². The molecule has 1 fully saturated rings. The van der Waals surface area contributed by atoms with E-state index in [1.54, 1.807) is 18.2 Å². The number of nitrogens with one attached hydrogen (secondary N) is 1. The summed E-state index contributed by atoms with van der Waals surface area (Å²) in [5, 5.41) is 2.68. The summed E-state index contributed by atoms with van der Waals surface area (Å²) in [4.78, 5) is 22.8. The maximum atomic E-state index is 11.7. The highest BCUT2D eigenvalue weighted by Crippen LogP contribution is 2.10. The Hall–Kier alpha value is -1.88. The molecule has 1 unspecified atom stereocenters. The Bertz CT molecular complexity index is 427. The van der Waals surface area contributed by atoms with E-state index in [1.165, 1.54) is 6.07 Å². The van der Waals surface area contributed by atoms with E-state index in [2.05, 4.69) is 5.32 Å². The number of rotatable bonds is 4. The fourth-order valence-corrected chi connectivity index (χ4v) is 1.38. The van der Waals surface area contributed by atoms with Crippen molar-refractivity contribution in [3.8, 4) is 0 Å². The van der Waals surface area contributed by atoms with E-state index >= 15 is 0 Å². The second kappa shape index (κ2) is 4.32. The van der Waals surface area contributed by atoms with Gasteiger partial charge in [0.15, 0.2) is 0 Å². The SMILES string of the molecule is NC(=O)c1ccccc1C(=O)NCC1CO1. The van der Waals surface area contributed by atoms with Gasteiger partial charge in [0, 0.05) is 6.54 Å². The smallest absolute Gasteiger partial charge is 0.252 e. The molecule has 0 saturated carbocycles. The number of carbonyl (C=O) groups excluding carboxylic acids is 2. The van der Waals surface area contributed by atoms with Crippen molar-refractivity contribution in [2.24, 2.45) is 5.73 Å². The lowest BCUT2D eigenvalue weighted by atomic mass is 10.1. The summed E-state index contributed by atoms with van der Waals surface area (Å²) >= 11 is 0. The molecule has 2 rings (SSSR count). The number of hydrogen-bond donors (Lipinski definition) is 2. The van der Waals surface area contributed by atoms with Crippen molar-refractivity contribution in [2.75, 3.05) is 13.2 Å². The molecular weight excluding hydrogens is 208 g/mol. The number of ether oxygens (including phenoxy) is 1. The lowest BCUT2D eigenvalue weighted by Gasteiger charge is -2.06. The Labute approximate surface area is 92.6 Å². The number of hydrogen-bond acceptors (Lipinski definition) is 3. The third-order valence-corrected chi connectivity index (χ3v) is 2.33.